The molecule has 15 heavy (non-hydrogen) atoms. The van der Waals surface area contributed by atoms with Gasteiger partial charge in [-0.05, 0) is 41.1 Å². The summed E-state index contributed by atoms with van der Waals surface area (Å²) in [4.78, 5) is 0. The van der Waals surface area contributed by atoms with Crippen LogP contribution in [0.1, 0.15) is 5.56 Å². The lowest BCUT2D eigenvalue weighted by Gasteiger charge is -2.04. The number of halogens is 2. The Morgan fingerprint density at radius 2 is 2.20 bits per heavy atom. The van der Waals surface area contributed by atoms with E-state index in [1.807, 2.05) is 31.3 Å². The van der Waals surface area contributed by atoms with Crippen LogP contribution in [0.25, 0.3) is 5.69 Å². The van der Waals surface area contributed by atoms with Crippen molar-refractivity contribution in [1.29, 1.82) is 0 Å². The van der Waals surface area contributed by atoms with Crippen LogP contribution in [0.5, 0.6) is 0 Å². The minimum absolute atomic E-state index is 0.530. The number of benzene rings is 1. The van der Waals surface area contributed by atoms with Gasteiger partial charge in [0.1, 0.15) is 5.82 Å². The van der Waals surface area contributed by atoms with Gasteiger partial charge in [0.05, 0.1) is 5.69 Å². The normalized spacial score (nSPS) is 10.6. The standard InChI is InChI=1S/C10H9BrClN3/c1-6-5-15(14-10(6)13)9-4-7(12)2-3-8(9)11/h2-5H,1H3,(H2,13,14). The van der Waals surface area contributed by atoms with Gasteiger partial charge in [-0.25, -0.2) is 4.68 Å². The minimum Gasteiger partial charge on any atom is -0.382 e. The molecule has 1 aromatic heterocycles. The number of hydrogen-bond acceptors (Lipinski definition) is 2. The summed E-state index contributed by atoms with van der Waals surface area (Å²) in [7, 11) is 0. The van der Waals surface area contributed by atoms with Crippen molar-refractivity contribution in [2.24, 2.45) is 0 Å². The van der Waals surface area contributed by atoms with Gasteiger partial charge >= 0.3 is 0 Å². The Hall–Kier alpha value is -1.00. The van der Waals surface area contributed by atoms with Crippen LogP contribution in [-0.2, 0) is 0 Å². The lowest BCUT2D eigenvalue weighted by molar-refractivity contribution is 0.881. The van der Waals surface area contributed by atoms with E-state index in [-0.39, 0.29) is 0 Å². The van der Waals surface area contributed by atoms with Crippen molar-refractivity contribution in [2.45, 2.75) is 6.92 Å². The number of aryl methyl sites for hydroxylation is 1. The largest absolute Gasteiger partial charge is 0.382 e. The van der Waals surface area contributed by atoms with Crippen LogP contribution in [0.2, 0.25) is 5.02 Å². The molecule has 2 rings (SSSR count). The SMILES string of the molecule is Cc1cn(-c2cc(Cl)ccc2Br)nc1N. The zero-order valence-electron chi connectivity index (χ0n) is 8.04. The van der Waals surface area contributed by atoms with Gasteiger partial charge < -0.3 is 5.73 Å². The van der Waals surface area contributed by atoms with Crippen molar-refractivity contribution in [2.75, 3.05) is 5.73 Å². The summed E-state index contributed by atoms with van der Waals surface area (Å²) in [5.74, 6) is 0.530. The molecule has 1 heterocycles. The fourth-order valence-electron chi connectivity index (χ4n) is 1.26. The summed E-state index contributed by atoms with van der Waals surface area (Å²) in [6, 6.07) is 5.53. The molecule has 0 fully saturated rings. The van der Waals surface area contributed by atoms with Crippen LogP contribution in [0.4, 0.5) is 5.82 Å². The Kier molecular flexibility index (Phi) is 2.71. The van der Waals surface area contributed by atoms with Gasteiger partial charge in [0.25, 0.3) is 0 Å². The molecule has 0 unspecified atom stereocenters. The molecule has 0 aliphatic rings. The number of hydrogen-bond donors (Lipinski definition) is 1. The van der Waals surface area contributed by atoms with E-state index in [4.69, 9.17) is 17.3 Å². The summed E-state index contributed by atoms with van der Waals surface area (Å²) in [6.45, 7) is 1.91. The van der Waals surface area contributed by atoms with Crippen molar-refractivity contribution in [3.05, 3.63) is 39.5 Å². The molecule has 1 aromatic carbocycles. The predicted octanol–water partition coefficient (Wildman–Crippen LogP) is 3.18. The molecule has 0 radical (unpaired) electrons. The number of aromatic nitrogens is 2. The second kappa shape index (κ2) is 3.87. The zero-order valence-corrected chi connectivity index (χ0v) is 10.4. The quantitative estimate of drug-likeness (QED) is 0.875. The third kappa shape index (κ3) is 2.01. The number of nitrogen functional groups attached to an aromatic ring is 1. The molecule has 2 N–H and O–H groups in total. The van der Waals surface area contributed by atoms with Crippen molar-refractivity contribution >= 4 is 33.3 Å². The molecule has 0 atom stereocenters. The van der Waals surface area contributed by atoms with E-state index in [0.29, 0.717) is 10.8 Å². The van der Waals surface area contributed by atoms with Crippen molar-refractivity contribution in [3.63, 3.8) is 0 Å². The molecular formula is C10H9BrClN3. The number of nitrogens with zero attached hydrogens (tertiary/aromatic N) is 2. The molecule has 0 amide bonds. The Morgan fingerprint density at radius 3 is 2.80 bits per heavy atom. The van der Waals surface area contributed by atoms with E-state index in [0.717, 1.165) is 15.7 Å². The highest BCUT2D eigenvalue weighted by molar-refractivity contribution is 9.10. The Bertz CT molecular complexity index is 488. The topological polar surface area (TPSA) is 43.8 Å². The molecule has 2 aromatic rings. The molecule has 0 saturated carbocycles. The van der Waals surface area contributed by atoms with E-state index < -0.39 is 0 Å². The van der Waals surface area contributed by atoms with Gasteiger partial charge in [-0.15, -0.1) is 0 Å². The highest BCUT2D eigenvalue weighted by atomic mass is 79.9. The van der Waals surface area contributed by atoms with Gasteiger partial charge in [-0.1, -0.05) is 11.6 Å². The van der Waals surface area contributed by atoms with Crippen LogP contribution >= 0.6 is 27.5 Å². The number of anilines is 1. The molecule has 5 heteroatoms. The van der Waals surface area contributed by atoms with Crippen LogP contribution in [0, 0.1) is 6.92 Å². The molecule has 0 saturated heterocycles. The first-order valence-electron chi connectivity index (χ1n) is 4.35. The monoisotopic (exact) mass is 285 g/mol. The second-order valence-corrected chi connectivity index (χ2v) is 4.53. The summed E-state index contributed by atoms with van der Waals surface area (Å²) < 4.78 is 2.63. The maximum atomic E-state index is 5.92. The number of rotatable bonds is 1. The van der Waals surface area contributed by atoms with E-state index in [9.17, 15) is 0 Å². The Labute approximate surface area is 101 Å². The maximum Gasteiger partial charge on any atom is 0.148 e. The summed E-state index contributed by atoms with van der Waals surface area (Å²) in [5, 5.41) is 4.85. The van der Waals surface area contributed by atoms with Crippen molar-refractivity contribution < 1.29 is 0 Å². The van der Waals surface area contributed by atoms with Crippen molar-refractivity contribution in [1.82, 2.24) is 9.78 Å². The lowest BCUT2D eigenvalue weighted by atomic mass is 10.3. The van der Waals surface area contributed by atoms with E-state index in [1.165, 1.54) is 0 Å². The van der Waals surface area contributed by atoms with Gasteiger partial charge in [-0.3, -0.25) is 0 Å². The summed E-state index contributed by atoms with van der Waals surface area (Å²) in [6.07, 6.45) is 1.87. The van der Waals surface area contributed by atoms with Gasteiger partial charge in [0.15, 0.2) is 0 Å². The maximum absolute atomic E-state index is 5.92. The fourth-order valence-corrected chi connectivity index (χ4v) is 1.85. The molecule has 0 aliphatic carbocycles. The van der Waals surface area contributed by atoms with Gasteiger partial charge in [0.2, 0.25) is 0 Å². The molecule has 0 aliphatic heterocycles. The fraction of sp³-hybridized carbons (Fsp3) is 0.100. The highest BCUT2D eigenvalue weighted by Crippen LogP contribution is 2.25. The smallest absolute Gasteiger partial charge is 0.148 e. The average molecular weight is 287 g/mol. The minimum atomic E-state index is 0.530. The molecule has 0 bridgehead atoms. The average Bonchev–Trinajstić information content (AvgIpc) is 2.51. The number of nitrogens with two attached hydrogens (primary N) is 1. The second-order valence-electron chi connectivity index (χ2n) is 3.24. The van der Waals surface area contributed by atoms with Crippen LogP contribution in [-0.4, -0.2) is 9.78 Å². The third-order valence-electron chi connectivity index (χ3n) is 2.09. The zero-order chi connectivity index (χ0) is 11.0. The molecule has 78 valence electrons. The predicted molar refractivity (Wildman–Crippen MR) is 65.4 cm³/mol. The summed E-state index contributed by atoms with van der Waals surface area (Å²) >= 11 is 9.36. The highest BCUT2D eigenvalue weighted by Gasteiger charge is 2.06. The van der Waals surface area contributed by atoms with Crippen LogP contribution in [0.15, 0.2) is 28.9 Å². The van der Waals surface area contributed by atoms with Crippen molar-refractivity contribution in [3.8, 4) is 5.69 Å². The van der Waals surface area contributed by atoms with E-state index >= 15 is 0 Å². The molecule has 3 nitrogen and oxygen atoms in total. The van der Waals surface area contributed by atoms with E-state index in [2.05, 4.69) is 21.0 Å². The molecular weight excluding hydrogens is 277 g/mol. The first kappa shape index (κ1) is 10.5. The van der Waals surface area contributed by atoms with Gasteiger partial charge in [-0.2, -0.15) is 5.10 Å². The Morgan fingerprint density at radius 1 is 1.47 bits per heavy atom. The van der Waals surface area contributed by atoms with Crippen LogP contribution in [0.3, 0.4) is 0 Å². The van der Waals surface area contributed by atoms with Crippen LogP contribution < -0.4 is 5.73 Å². The van der Waals surface area contributed by atoms with E-state index in [1.54, 1.807) is 4.68 Å². The third-order valence-corrected chi connectivity index (χ3v) is 3.00. The first-order valence-corrected chi connectivity index (χ1v) is 5.52. The molecule has 0 spiro atoms. The Balaban J connectivity index is 2.58. The first-order chi connectivity index (χ1) is 7.08. The summed E-state index contributed by atoms with van der Waals surface area (Å²) in [5.41, 5.74) is 7.51. The van der Waals surface area contributed by atoms with Gasteiger partial charge in [0, 0.05) is 21.3 Å². The lowest BCUT2D eigenvalue weighted by Crippen LogP contribution is -1.97.